The Morgan fingerprint density at radius 2 is 0.567 bits per heavy atom. The first-order valence-electron chi connectivity index (χ1n) is 23.5. The number of hydrogen-bond acceptors (Lipinski definition) is 8. The largest absolute Gasteiger partial charge is 1.00 e. The second-order valence-electron chi connectivity index (χ2n) is 16.3. The summed E-state index contributed by atoms with van der Waals surface area (Å²) in [6.07, 6.45) is 38.1. The van der Waals surface area contributed by atoms with Crippen molar-refractivity contribution in [1.29, 1.82) is 0 Å². The van der Waals surface area contributed by atoms with Gasteiger partial charge in [-0.05, 0) is 25.7 Å². The van der Waals surface area contributed by atoms with Gasteiger partial charge in [-0.2, -0.15) is 0 Å². The molecule has 0 spiro atoms. The third-order valence-corrected chi connectivity index (χ3v) is 10.6. The second-order valence-corrected chi connectivity index (χ2v) is 16.3. The number of carbonyl (C=O) groups excluding carboxylic acids is 6. The summed E-state index contributed by atoms with van der Waals surface area (Å²) >= 11 is 0. The third kappa shape index (κ3) is 51.2. The van der Waals surface area contributed by atoms with Crippen molar-refractivity contribution in [3.8, 4) is 0 Å². The molecule has 2 atom stereocenters. The smallest absolute Gasteiger partial charge is 0.548 e. The molecule has 0 radical (unpaired) electrons. The van der Waals surface area contributed by atoms with Gasteiger partial charge in [0.05, 0.1) is 24.0 Å². The van der Waals surface area contributed by atoms with E-state index >= 15 is 0 Å². The van der Waals surface area contributed by atoms with Crippen LogP contribution in [0.25, 0.3) is 0 Å². The van der Waals surface area contributed by atoms with Crippen LogP contribution in [0.3, 0.4) is 0 Å². The van der Waals surface area contributed by atoms with Gasteiger partial charge >= 0.3 is 59.1 Å². The number of hydrogen-bond donors (Lipinski definition) is 4. The Labute approximate surface area is 409 Å². The van der Waals surface area contributed by atoms with Crippen LogP contribution < -0.4 is 91.4 Å². The molecule has 0 fully saturated rings. The van der Waals surface area contributed by atoms with E-state index in [1.165, 1.54) is 154 Å². The van der Waals surface area contributed by atoms with Gasteiger partial charge in [-0.15, -0.1) is 0 Å². The Bertz CT molecular complexity index is 974. The van der Waals surface area contributed by atoms with Crippen molar-refractivity contribution >= 4 is 35.6 Å². The predicted molar refractivity (Wildman–Crippen MR) is 230 cm³/mol. The molecular weight excluding hydrogens is 783 g/mol. The van der Waals surface area contributed by atoms with Crippen LogP contribution in [0.5, 0.6) is 0 Å². The summed E-state index contributed by atoms with van der Waals surface area (Å²) in [7, 11) is 0. The molecule has 4 amide bonds. The predicted octanol–water partition coefficient (Wildman–Crippen LogP) is 1.50. The maximum absolute atomic E-state index is 11.8. The van der Waals surface area contributed by atoms with Crippen molar-refractivity contribution in [2.75, 3.05) is 0 Å². The number of amides is 4. The van der Waals surface area contributed by atoms with Crippen LogP contribution in [0, 0.1) is 0 Å². The van der Waals surface area contributed by atoms with Crippen molar-refractivity contribution < 1.29 is 98.1 Å². The number of carboxylic acids is 2. The minimum Gasteiger partial charge on any atom is -0.548 e. The fourth-order valence-corrected chi connectivity index (χ4v) is 6.92. The molecule has 0 aliphatic heterocycles. The molecular formula is C46H86N4Na2O8. The maximum Gasteiger partial charge on any atom is 1.00 e. The first-order valence-corrected chi connectivity index (χ1v) is 23.5. The van der Waals surface area contributed by atoms with E-state index in [1.807, 2.05) is 0 Å². The Morgan fingerprint density at radius 1 is 0.367 bits per heavy atom. The van der Waals surface area contributed by atoms with Gasteiger partial charge in [0, 0.05) is 25.7 Å². The zero-order chi connectivity index (χ0) is 43.5. The number of unbranched alkanes of at least 4 members (excludes halogenated alkanes) is 28. The third-order valence-electron chi connectivity index (χ3n) is 10.6. The van der Waals surface area contributed by atoms with Crippen LogP contribution >= 0.6 is 0 Å². The van der Waals surface area contributed by atoms with Crippen molar-refractivity contribution in [1.82, 2.24) is 10.6 Å². The van der Waals surface area contributed by atoms with Crippen molar-refractivity contribution in [2.45, 2.75) is 257 Å². The van der Waals surface area contributed by atoms with Crippen LogP contribution in [-0.2, 0) is 28.8 Å². The van der Waals surface area contributed by atoms with Gasteiger partial charge in [0.15, 0.2) is 0 Å². The number of carboxylic acid groups (broad SMARTS) is 2. The first-order chi connectivity index (χ1) is 27.9. The summed E-state index contributed by atoms with van der Waals surface area (Å²) in [6.45, 7) is 4.50. The summed E-state index contributed by atoms with van der Waals surface area (Å²) in [4.78, 5) is 67.1. The van der Waals surface area contributed by atoms with Gasteiger partial charge in [-0.3, -0.25) is 19.2 Å². The van der Waals surface area contributed by atoms with E-state index in [2.05, 4.69) is 24.5 Å². The molecule has 14 heteroatoms. The van der Waals surface area contributed by atoms with E-state index in [4.69, 9.17) is 11.5 Å². The molecule has 0 saturated heterocycles. The van der Waals surface area contributed by atoms with E-state index in [-0.39, 0.29) is 96.6 Å². The summed E-state index contributed by atoms with van der Waals surface area (Å²) in [5, 5.41) is 26.8. The molecule has 0 aliphatic rings. The summed E-state index contributed by atoms with van der Waals surface area (Å²) in [5.74, 6) is -4.55. The zero-order valence-electron chi connectivity index (χ0n) is 39.0. The molecule has 340 valence electrons. The summed E-state index contributed by atoms with van der Waals surface area (Å²) < 4.78 is 0. The molecule has 0 aliphatic carbocycles. The fourth-order valence-electron chi connectivity index (χ4n) is 6.92. The average Bonchev–Trinajstić information content (AvgIpc) is 3.17. The Balaban J connectivity index is -0.000000506. The molecule has 0 aromatic carbocycles. The van der Waals surface area contributed by atoms with Crippen LogP contribution in [0.4, 0.5) is 0 Å². The van der Waals surface area contributed by atoms with Crippen LogP contribution in [0.15, 0.2) is 0 Å². The van der Waals surface area contributed by atoms with E-state index in [0.29, 0.717) is 12.8 Å². The monoisotopic (exact) mass is 869 g/mol. The second kappa shape index (κ2) is 50.5. The maximum atomic E-state index is 11.8. The Morgan fingerprint density at radius 3 is 0.750 bits per heavy atom. The zero-order valence-corrected chi connectivity index (χ0v) is 43.0. The number of nitrogens with two attached hydrogens (primary N) is 2. The van der Waals surface area contributed by atoms with Crippen LogP contribution in [-0.4, -0.2) is 47.7 Å². The standard InChI is InChI=1S/2C23H44N2O4.2Na/c2*1-2-3-4-5-6-7-8-9-10-11-12-13-14-15-16-17-22(27)25-20(23(28)29)18-19-21(24)26;;/h2*20H,2-19H2,1H3,(H2,24,26)(H,25,27)(H,28,29);;/q;;2*+1/p-2/t2*20-;;/m00../s1. The molecule has 0 rings (SSSR count). The van der Waals surface area contributed by atoms with Crippen molar-refractivity contribution in [2.24, 2.45) is 11.5 Å². The van der Waals surface area contributed by atoms with Crippen molar-refractivity contribution in [3.05, 3.63) is 0 Å². The summed E-state index contributed by atoms with van der Waals surface area (Å²) in [6, 6.07) is -2.29. The van der Waals surface area contributed by atoms with Gasteiger partial charge in [-0.25, -0.2) is 0 Å². The van der Waals surface area contributed by atoms with Crippen LogP contribution in [0.2, 0.25) is 0 Å². The first kappa shape index (κ1) is 65.4. The van der Waals surface area contributed by atoms with Gasteiger partial charge in [0.1, 0.15) is 0 Å². The molecule has 6 N–H and O–H groups in total. The van der Waals surface area contributed by atoms with Crippen molar-refractivity contribution in [3.63, 3.8) is 0 Å². The molecule has 0 unspecified atom stereocenters. The number of carbonyl (C=O) groups is 6. The Hall–Kier alpha value is -1.18. The van der Waals surface area contributed by atoms with E-state index in [9.17, 15) is 39.0 Å². The molecule has 0 aromatic heterocycles. The van der Waals surface area contributed by atoms with Gasteiger partial charge in [-0.1, -0.05) is 194 Å². The average molecular weight is 869 g/mol. The number of primary amides is 2. The Kier molecular flexibility index (Phi) is 55.0. The van der Waals surface area contributed by atoms with Crippen LogP contribution in [0.1, 0.15) is 245 Å². The number of nitrogens with one attached hydrogen (secondary N) is 2. The SMILES string of the molecule is CCCCCCCCCCCCCCCCCC(=O)N[C@@H](CCC(N)=O)C(=O)[O-].CCCCCCCCCCCCCCCCCC(=O)N[C@@H](CCC(N)=O)C(=O)[O-].[Na+].[Na+]. The summed E-state index contributed by atoms with van der Waals surface area (Å²) in [5.41, 5.74) is 10.0. The quantitative estimate of drug-likeness (QED) is 0.0519. The van der Waals surface area contributed by atoms with E-state index < -0.39 is 35.8 Å². The van der Waals surface area contributed by atoms with Gasteiger partial charge in [0.2, 0.25) is 23.6 Å². The number of rotatable bonds is 42. The van der Waals surface area contributed by atoms with Gasteiger partial charge < -0.3 is 41.9 Å². The molecule has 12 nitrogen and oxygen atoms in total. The molecule has 0 saturated carbocycles. The fraction of sp³-hybridized carbons (Fsp3) is 0.870. The topological polar surface area (TPSA) is 225 Å². The van der Waals surface area contributed by atoms with E-state index in [0.717, 1.165) is 38.5 Å². The normalized spacial score (nSPS) is 11.5. The molecule has 0 heterocycles. The minimum absolute atomic E-state index is 0. The van der Waals surface area contributed by atoms with Gasteiger partial charge in [0.25, 0.3) is 0 Å². The molecule has 60 heavy (non-hydrogen) atoms. The van der Waals surface area contributed by atoms with E-state index in [1.54, 1.807) is 0 Å². The number of aliphatic carboxylic acids is 2. The minimum atomic E-state index is -1.38. The molecule has 0 aromatic rings. The molecule has 0 bridgehead atoms.